The second-order valence-corrected chi connectivity index (χ2v) is 6.69. The predicted molar refractivity (Wildman–Crippen MR) is 96.6 cm³/mol. The molecule has 1 atom stereocenters. The Bertz CT molecular complexity index is 648. The summed E-state index contributed by atoms with van der Waals surface area (Å²) in [6.07, 6.45) is 2.19. The standard InChI is InChI=1S/C18H28N6O/c1-4-5-17(23-12-10-22(2)11-13-23)18-19-20-21-24(18)14-15-6-8-16(25-3)9-7-15/h6-9,17H,4-5,10-14H2,1-3H3/t17-/m1/s1. The first kappa shape index (κ1) is 17.8. The van der Waals surface area contributed by atoms with Crippen LogP contribution in [0.3, 0.4) is 0 Å². The maximum atomic E-state index is 5.23. The Kier molecular flexibility index (Phi) is 5.99. The second kappa shape index (κ2) is 8.40. The highest BCUT2D eigenvalue weighted by molar-refractivity contribution is 5.27. The first-order valence-electron chi connectivity index (χ1n) is 9.03. The van der Waals surface area contributed by atoms with Gasteiger partial charge < -0.3 is 9.64 Å². The summed E-state index contributed by atoms with van der Waals surface area (Å²) in [6, 6.07) is 8.36. The molecule has 2 aromatic rings. The van der Waals surface area contributed by atoms with Crippen molar-refractivity contribution >= 4 is 0 Å². The lowest BCUT2D eigenvalue weighted by Crippen LogP contribution is -2.46. The summed E-state index contributed by atoms with van der Waals surface area (Å²) < 4.78 is 7.17. The first-order chi connectivity index (χ1) is 12.2. The molecule has 0 unspecified atom stereocenters. The van der Waals surface area contributed by atoms with E-state index in [1.54, 1.807) is 7.11 Å². The van der Waals surface area contributed by atoms with E-state index in [0.29, 0.717) is 6.54 Å². The monoisotopic (exact) mass is 344 g/mol. The zero-order valence-electron chi connectivity index (χ0n) is 15.4. The van der Waals surface area contributed by atoms with Gasteiger partial charge in [-0.25, -0.2) is 4.68 Å². The molecule has 0 N–H and O–H groups in total. The number of benzene rings is 1. The Morgan fingerprint density at radius 3 is 2.48 bits per heavy atom. The lowest BCUT2D eigenvalue weighted by molar-refractivity contribution is 0.0996. The summed E-state index contributed by atoms with van der Waals surface area (Å²) in [5.74, 6) is 1.84. The summed E-state index contributed by atoms with van der Waals surface area (Å²) in [6.45, 7) is 7.23. The average molecular weight is 344 g/mol. The number of aromatic nitrogens is 4. The molecule has 1 aromatic carbocycles. The summed E-state index contributed by atoms with van der Waals surface area (Å²) >= 11 is 0. The van der Waals surface area contributed by atoms with E-state index in [0.717, 1.165) is 50.6 Å². The highest BCUT2D eigenvalue weighted by Crippen LogP contribution is 2.25. The maximum Gasteiger partial charge on any atom is 0.168 e. The molecule has 1 aliphatic heterocycles. The van der Waals surface area contributed by atoms with Crippen molar-refractivity contribution < 1.29 is 4.74 Å². The third kappa shape index (κ3) is 4.35. The molecule has 136 valence electrons. The molecule has 3 rings (SSSR count). The SMILES string of the molecule is CCC[C@H](c1nnnn1Cc1ccc(OC)cc1)N1CCN(C)CC1. The van der Waals surface area contributed by atoms with Gasteiger partial charge in [0, 0.05) is 26.2 Å². The van der Waals surface area contributed by atoms with Gasteiger partial charge in [0.2, 0.25) is 0 Å². The lowest BCUT2D eigenvalue weighted by atomic mass is 10.1. The molecule has 0 aliphatic carbocycles. The van der Waals surface area contributed by atoms with Crippen LogP contribution in [0, 0.1) is 0 Å². The fourth-order valence-electron chi connectivity index (χ4n) is 3.35. The van der Waals surface area contributed by atoms with E-state index in [9.17, 15) is 0 Å². The van der Waals surface area contributed by atoms with Crippen LogP contribution in [-0.2, 0) is 6.54 Å². The van der Waals surface area contributed by atoms with Crippen molar-refractivity contribution in [2.75, 3.05) is 40.3 Å². The molecule has 0 amide bonds. The van der Waals surface area contributed by atoms with Crippen molar-refractivity contribution in [1.82, 2.24) is 30.0 Å². The molecule has 1 saturated heterocycles. The lowest BCUT2D eigenvalue weighted by Gasteiger charge is -2.37. The second-order valence-electron chi connectivity index (χ2n) is 6.69. The van der Waals surface area contributed by atoms with Gasteiger partial charge in [0.1, 0.15) is 5.75 Å². The van der Waals surface area contributed by atoms with Crippen molar-refractivity contribution in [3.8, 4) is 5.75 Å². The van der Waals surface area contributed by atoms with Crippen LogP contribution in [0.1, 0.15) is 37.2 Å². The molecule has 7 nitrogen and oxygen atoms in total. The molecule has 2 heterocycles. The summed E-state index contributed by atoms with van der Waals surface area (Å²) in [7, 11) is 3.86. The highest BCUT2D eigenvalue weighted by Gasteiger charge is 2.27. The summed E-state index contributed by atoms with van der Waals surface area (Å²) in [5.41, 5.74) is 1.17. The predicted octanol–water partition coefficient (Wildman–Crippen LogP) is 1.82. The van der Waals surface area contributed by atoms with Crippen LogP contribution >= 0.6 is 0 Å². The molecular formula is C18H28N6O. The molecule has 0 spiro atoms. The van der Waals surface area contributed by atoms with Crippen LogP contribution in [0.25, 0.3) is 0 Å². The van der Waals surface area contributed by atoms with Crippen LogP contribution < -0.4 is 4.74 Å². The van der Waals surface area contributed by atoms with E-state index in [4.69, 9.17) is 4.74 Å². The minimum absolute atomic E-state index is 0.284. The van der Waals surface area contributed by atoms with Gasteiger partial charge in [-0.15, -0.1) is 5.10 Å². The Morgan fingerprint density at radius 2 is 1.84 bits per heavy atom. The van der Waals surface area contributed by atoms with Gasteiger partial charge >= 0.3 is 0 Å². The van der Waals surface area contributed by atoms with E-state index in [1.807, 2.05) is 16.8 Å². The molecule has 0 saturated carbocycles. The number of nitrogens with zero attached hydrogens (tertiary/aromatic N) is 6. The van der Waals surface area contributed by atoms with Gasteiger partial charge in [-0.3, -0.25) is 4.90 Å². The van der Waals surface area contributed by atoms with E-state index in [1.165, 1.54) is 5.56 Å². The van der Waals surface area contributed by atoms with Crippen molar-refractivity contribution in [2.24, 2.45) is 0 Å². The van der Waals surface area contributed by atoms with Crippen molar-refractivity contribution in [3.05, 3.63) is 35.7 Å². The zero-order valence-corrected chi connectivity index (χ0v) is 15.4. The zero-order chi connectivity index (χ0) is 17.6. The van der Waals surface area contributed by atoms with E-state index in [-0.39, 0.29) is 6.04 Å². The number of piperazine rings is 1. The third-order valence-corrected chi connectivity index (χ3v) is 4.89. The maximum absolute atomic E-state index is 5.23. The van der Waals surface area contributed by atoms with Crippen molar-refractivity contribution in [3.63, 3.8) is 0 Å². The van der Waals surface area contributed by atoms with E-state index in [2.05, 4.69) is 51.4 Å². The molecule has 25 heavy (non-hydrogen) atoms. The molecule has 0 radical (unpaired) electrons. The van der Waals surface area contributed by atoms with Gasteiger partial charge in [-0.1, -0.05) is 25.5 Å². The Morgan fingerprint density at radius 1 is 1.12 bits per heavy atom. The molecule has 1 aromatic heterocycles. The number of likely N-dealkylation sites (N-methyl/N-ethyl adjacent to an activating group) is 1. The smallest absolute Gasteiger partial charge is 0.168 e. The van der Waals surface area contributed by atoms with Gasteiger partial charge in [-0.2, -0.15) is 0 Å². The minimum Gasteiger partial charge on any atom is -0.497 e. The van der Waals surface area contributed by atoms with Crippen LogP contribution in [0.2, 0.25) is 0 Å². The number of hydrogen-bond donors (Lipinski definition) is 0. The van der Waals surface area contributed by atoms with E-state index >= 15 is 0 Å². The largest absolute Gasteiger partial charge is 0.497 e. The number of hydrogen-bond acceptors (Lipinski definition) is 6. The first-order valence-corrected chi connectivity index (χ1v) is 9.03. The summed E-state index contributed by atoms with van der Waals surface area (Å²) in [4.78, 5) is 4.90. The van der Waals surface area contributed by atoms with Crippen LogP contribution in [0.15, 0.2) is 24.3 Å². The Balaban J connectivity index is 1.77. The molecule has 0 bridgehead atoms. The fraction of sp³-hybridized carbons (Fsp3) is 0.611. The number of methoxy groups -OCH3 is 1. The molecule has 1 fully saturated rings. The normalized spacial score (nSPS) is 17.6. The van der Waals surface area contributed by atoms with Crippen LogP contribution in [-0.4, -0.2) is 70.3 Å². The minimum atomic E-state index is 0.284. The Hall–Kier alpha value is -1.99. The molecule has 7 heteroatoms. The average Bonchev–Trinajstić information content (AvgIpc) is 3.09. The number of rotatable bonds is 7. The van der Waals surface area contributed by atoms with Crippen LogP contribution in [0.5, 0.6) is 5.75 Å². The van der Waals surface area contributed by atoms with Gasteiger partial charge in [0.15, 0.2) is 5.82 Å². The fourth-order valence-corrected chi connectivity index (χ4v) is 3.35. The molecule has 1 aliphatic rings. The van der Waals surface area contributed by atoms with Gasteiger partial charge in [0.25, 0.3) is 0 Å². The van der Waals surface area contributed by atoms with Crippen LogP contribution in [0.4, 0.5) is 0 Å². The third-order valence-electron chi connectivity index (χ3n) is 4.89. The number of ether oxygens (including phenoxy) is 1. The quantitative estimate of drug-likeness (QED) is 0.764. The number of tetrazole rings is 1. The van der Waals surface area contributed by atoms with E-state index < -0.39 is 0 Å². The Labute approximate surface area is 149 Å². The van der Waals surface area contributed by atoms with Crippen molar-refractivity contribution in [1.29, 1.82) is 0 Å². The van der Waals surface area contributed by atoms with Gasteiger partial charge in [-0.05, 0) is 41.6 Å². The topological polar surface area (TPSA) is 59.3 Å². The molecular weight excluding hydrogens is 316 g/mol. The van der Waals surface area contributed by atoms with Crippen molar-refractivity contribution in [2.45, 2.75) is 32.4 Å². The summed E-state index contributed by atoms with van der Waals surface area (Å²) in [5, 5.41) is 12.6. The van der Waals surface area contributed by atoms with Gasteiger partial charge in [0.05, 0.1) is 19.7 Å². The highest BCUT2D eigenvalue weighted by atomic mass is 16.5.